The van der Waals surface area contributed by atoms with E-state index in [0.717, 1.165) is 5.75 Å². The molecule has 4 nitrogen and oxygen atoms in total. The van der Waals surface area contributed by atoms with Crippen molar-refractivity contribution in [3.8, 4) is 11.5 Å². The summed E-state index contributed by atoms with van der Waals surface area (Å²) in [5, 5.41) is 5.04. The van der Waals surface area contributed by atoms with Gasteiger partial charge in [0.15, 0.2) is 6.54 Å². The molecule has 4 rings (SSSR count). The molecule has 0 aliphatic carbocycles. The van der Waals surface area contributed by atoms with E-state index in [1.807, 2.05) is 91.0 Å². The number of anilines is 1. The predicted octanol–water partition coefficient (Wildman–Crippen LogP) is 4.77. The number of amides is 1. The van der Waals surface area contributed by atoms with Crippen LogP contribution in [0.25, 0.3) is 0 Å². The SMILES string of the molecule is O=C(C[NH2+]C(c1ccccc1)c1ccccc1)Nc1cccc(Oc2ccccc2)c1. The summed E-state index contributed by atoms with van der Waals surface area (Å²) in [6.07, 6.45) is 0. The van der Waals surface area contributed by atoms with Crippen LogP contribution in [0.1, 0.15) is 17.2 Å². The molecule has 0 aliphatic heterocycles. The second kappa shape index (κ2) is 10.2. The van der Waals surface area contributed by atoms with Crippen LogP contribution in [0.5, 0.6) is 11.5 Å². The van der Waals surface area contributed by atoms with E-state index in [1.54, 1.807) is 0 Å². The van der Waals surface area contributed by atoms with Crippen molar-refractivity contribution >= 4 is 11.6 Å². The van der Waals surface area contributed by atoms with Gasteiger partial charge in [0.25, 0.3) is 5.91 Å². The number of quaternary nitrogens is 1. The Hall–Kier alpha value is -3.89. The fourth-order valence-electron chi connectivity index (χ4n) is 3.48. The zero-order chi connectivity index (χ0) is 21.3. The van der Waals surface area contributed by atoms with Crippen LogP contribution in [0.15, 0.2) is 115 Å². The molecule has 0 spiro atoms. The lowest BCUT2D eigenvalue weighted by molar-refractivity contribution is -0.676. The molecule has 0 aliphatic rings. The highest BCUT2D eigenvalue weighted by Gasteiger charge is 2.18. The summed E-state index contributed by atoms with van der Waals surface area (Å²) in [5.41, 5.74) is 3.04. The molecule has 0 radical (unpaired) electrons. The Balaban J connectivity index is 1.40. The molecule has 31 heavy (non-hydrogen) atoms. The van der Waals surface area contributed by atoms with Crippen LogP contribution in [0.4, 0.5) is 5.69 Å². The third-order valence-electron chi connectivity index (χ3n) is 4.95. The molecule has 1 amide bonds. The molecular weight excluding hydrogens is 384 g/mol. The van der Waals surface area contributed by atoms with Crippen molar-refractivity contribution in [2.45, 2.75) is 6.04 Å². The number of carbonyl (C=O) groups excluding carboxylic acids is 1. The van der Waals surface area contributed by atoms with Crippen molar-refractivity contribution in [1.82, 2.24) is 0 Å². The molecule has 0 fully saturated rings. The lowest BCUT2D eigenvalue weighted by Crippen LogP contribution is -2.87. The molecule has 0 aromatic heterocycles. The van der Waals surface area contributed by atoms with Crippen LogP contribution < -0.4 is 15.4 Å². The monoisotopic (exact) mass is 409 g/mol. The number of carbonyl (C=O) groups is 1. The van der Waals surface area contributed by atoms with Crippen LogP contribution in [0.2, 0.25) is 0 Å². The molecule has 0 bridgehead atoms. The summed E-state index contributed by atoms with van der Waals surface area (Å²) in [6.45, 7) is 0.304. The van der Waals surface area contributed by atoms with Crippen LogP contribution in [0.3, 0.4) is 0 Å². The van der Waals surface area contributed by atoms with Gasteiger partial charge in [-0.3, -0.25) is 4.79 Å². The standard InChI is InChI=1S/C27H24N2O2/c30-26(29-23-15-10-18-25(19-23)31-24-16-8-3-9-17-24)20-28-27(21-11-4-1-5-12-21)22-13-6-2-7-14-22/h1-19,27-28H,20H2,(H,29,30)/p+1. The van der Waals surface area contributed by atoms with Gasteiger partial charge in [0.1, 0.15) is 17.5 Å². The third-order valence-corrected chi connectivity index (χ3v) is 4.95. The van der Waals surface area contributed by atoms with Crippen molar-refractivity contribution in [1.29, 1.82) is 0 Å². The Bertz CT molecular complexity index is 1060. The Morgan fingerprint density at radius 3 is 1.87 bits per heavy atom. The minimum atomic E-state index is -0.0614. The number of para-hydroxylation sites is 1. The highest BCUT2D eigenvalue weighted by molar-refractivity contribution is 5.91. The van der Waals surface area contributed by atoms with Gasteiger partial charge in [0.2, 0.25) is 0 Å². The number of ether oxygens (including phenoxy) is 1. The Morgan fingerprint density at radius 1 is 0.710 bits per heavy atom. The maximum Gasteiger partial charge on any atom is 0.279 e. The van der Waals surface area contributed by atoms with E-state index in [4.69, 9.17) is 4.74 Å². The number of rotatable bonds is 8. The maximum absolute atomic E-state index is 12.7. The molecule has 4 aromatic carbocycles. The number of benzene rings is 4. The van der Waals surface area contributed by atoms with Crippen molar-refractivity contribution in [2.75, 3.05) is 11.9 Å². The predicted molar refractivity (Wildman–Crippen MR) is 123 cm³/mol. The van der Waals surface area contributed by atoms with Gasteiger partial charge in [-0.25, -0.2) is 0 Å². The first-order valence-electron chi connectivity index (χ1n) is 10.3. The van der Waals surface area contributed by atoms with Crippen LogP contribution in [-0.4, -0.2) is 12.5 Å². The second-order valence-corrected chi connectivity index (χ2v) is 7.23. The Kier molecular flexibility index (Phi) is 6.73. The minimum Gasteiger partial charge on any atom is -0.457 e. The van der Waals surface area contributed by atoms with Crippen molar-refractivity contribution < 1.29 is 14.8 Å². The number of nitrogens with one attached hydrogen (secondary N) is 1. The second-order valence-electron chi connectivity index (χ2n) is 7.23. The number of nitrogens with two attached hydrogens (primary N) is 1. The largest absolute Gasteiger partial charge is 0.457 e. The van der Waals surface area contributed by atoms with Gasteiger partial charge in [-0.2, -0.15) is 0 Å². The zero-order valence-electron chi connectivity index (χ0n) is 17.1. The Labute approximate surface area is 182 Å². The van der Waals surface area contributed by atoms with Crippen LogP contribution in [-0.2, 0) is 4.79 Å². The van der Waals surface area contributed by atoms with E-state index in [2.05, 4.69) is 34.9 Å². The topological polar surface area (TPSA) is 54.9 Å². The van der Waals surface area contributed by atoms with Crippen molar-refractivity contribution in [3.05, 3.63) is 126 Å². The molecule has 0 saturated heterocycles. The summed E-state index contributed by atoms with van der Waals surface area (Å²) >= 11 is 0. The maximum atomic E-state index is 12.7. The average Bonchev–Trinajstić information content (AvgIpc) is 2.81. The van der Waals surface area contributed by atoms with Crippen LogP contribution >= 0.6 is 0 Å². The number of hydrogen-bond donors (Lipinski definition) is 2. The van der Waals surface area contributed by atoms with E-state index >= 15 is 0 Å². The molecule has 154 valence electrons. The van der Waals surface area contributed by atoms with Crippen molar-refractivity contribution in [2.24, 2.45) is 0 Å². The van der Waals surface area contributed by atoms with Crippen LogP contribution in [0, 0.1) is 0 Å². The summed E-state index contributed by atoms with van der Waals surface area (Å²) in [7, 11) is 0. The van der Waals surface area contributed by atoms with Gasteiger partial charge in [0, 0.05) is 22.9 Å². The van der Waals surface area contributed by atoms with E-state index < -0.39 is 0 Å². The Morgan fingerprint density at radius 2 is 1.26 bits per heavy atom. The molecule has 4 heteroatoms. The smallest absolute Gasteiger partial charge is 0.279 e. The third kappa shape index (κ3) is 5.81. The van der Waals surface area contributed by atoms with Gasteiger partial charge in [-0.15, -0.1) is 0 Å². The van der Waals surface area contributed by atoms with Gasteiger partial charge in [-0.05, 0) is 24.3 Å². The fourth-order valence-corrected chi connectivity index (χ4v) is 3.48. The fraction of sp³-hybridized carbons (Fsp3) is 0.0741. The molecule has 0 unspecified atom stereocenters. The zero-order valence-corrected chi connectivity index (χ0v) is 17.1. The first-order valence-corrected chi connectivity index (χ1v) is 10.3. The van der Waals surface area contributed by atoms with E-state index in [9.17, 15) is 4.79 Å². The van der Waals surface area contributed by atoms with E-state index in [1.165, 1.54) is 11.1 Å². The van der Waals surface area contributed by atoms with Gasteiger partial charge in [0.05, 0.1) is 0 Å². The van der Waals surface area contributed by atoms with Crippen molar-refractivity contribution in [3.63, 3.8) is 0 Å². The molecule has 0 saturated carbocycles. The molecule has 0 heterocycles. The lowest BCUT2D eigenvalue weighted by Gasteiger charge is -2.16. The highest BCUT2D eigenvalue weighted by Crippen LogP contribution is 2.24. The number of hydrogen-bond acceptors (Lipinski definition) is 2. The van der Waals surface area contributed by atoms with Gasteiger partial charge < -0.3 is 15.4 Å². The molecule has 4 aromatic rings. The summed E-state index contributed by atoms with van der Waals surface area (Å²) in [6, 6.07) is 37.6. The summed E-state index contributed by atoms with van der Waals surface area (Å²) in [5.74, 6) is 1.38. The molecule has 3 N–H and O–H groups in total. The average molecular weight is 410 g/mol. The van der Waals surface area contributed by atoms with E-state index in [-0.39, 0.29) is 11.9 Å². The highest BCUT2D eigenvalue weighted by atomic mass is 16.5. The van der Waals surface area contributed by atoms with E-state index in [0.29, 0.717) is 18.0 Å². The molecule has 0 atom stereocenters. The molecular formula is C27H25N2O2+. The minimum absolute atomic E-state index is 0.0564. The first kappa shape index (κ1) is 20.4. The first-order chi connectivity index (χ1) is 15.3. The van der Waals surface area contributed by atoms with Gasteiger partial charge >= 0.3 is 0 Å². The normalized spacial score (nSPS) is 10.6. The van der Waals surface area contributed by atoms with Gasteiger partial charge in [-0.1, -0.05) is 84.9 Å². The quantitative estimate of drug-likeness (QED) is 0.440. The summed E-state index contributed by atoms with van der Waals surface area (Å²) < 4.78 is 5.86. The lowest BCUT2D eigenvalue weighted by atomic mass is 9.99. The summed E-state index contributed by atoms with van der Waals surface area (Å²) in [4.78, 5) is 12.7.